The van der Waals surface area contributed by atoms with Crippen LogP contribution in [0.4, 0.5) is 0 Å². The van der Waals surface area contributed by atoms with Crippen LogP contribution in [-0.2, 0) is 9.59 Å². The second kappa shape index (κ2) is 8.32. The number of hydrogen-bond acceptors (Lipinski definition) is 2. The lowest BCUT2D eigenvalue weighted by molar-refractivity contribution is -0.135. The van der Waals surface area contributed by atoms with Crippen molar-refractivity contribution >= 4 is 11.8 Å². The highest BCUT2D eigenvalue weighted by molar-refractivity contribution is 5.88. The molecular weight excluding hydrogens is 300 g/mol. The van der Waals surface area contributed by atoms with E-state index in [9.17, 15) is 9.59 Å². The maximum absolute atomic E-state index is 12.7. The normalized spacial score (nSPS) is 32.3. The van der Waals surface area contributed by atoms with Crippen LogP contribution in [0.3, 0.4) is 0 Å². The Hall–Kier alpha value is -1.84. The smallest absolute Gasteiger partial charge is 0.224 e. The minimum Gasteiger partial charge on any atom is -0.353 e. The van der Waals surface area contributed by atoms with Gasteiger partial charge in [-0.1, -0.05) is 36.5 Å². The first-order chi connectivity index (χ1) is 11.7. The van der Waals surface area contributed by atoms with Gasteiger partial charge in [0.15, 0.2) is 0 Å². The molecule has 24 heavy (non-hydrogen) atoms. The van der Waals surface area contributed by atoms with Gasteiger partial charge in [-0.15, -0.1) is 0 Å². The van der Waals surface area contributed by atoms with E-state index in [1.54, 1.807) is 0 Å². The molecule has 0 unspecified atom stereocenters. The van der Waals surface area contributed by atoms with E-state index in [1.165, 1.54) is 0 Å². The molecule has 0 radical (unpaired) electrons. The molecule has 0 aliphatic heterocycles. The lowest BCUT2D eigenvalue weighted by Gasteiger charge is -2.30. The number of carbonyl (C=O) groups excluding carboxylic acids is 2. The summed E-state index contributed by atoms with van der Waals surface area (Å²) in [5, 5.41) is 6.32. The molecule has 3 aliphatic rings. The molecule has 0 aromatic heterocycles. The van der Waals surface area contributed by atoms with Gasteiger partial charge in [-0.3, -0.25) is 9.59 Å². The van der Waals surface area contributed by atoms with Gasteiger partial charge in [0.1, 0.15) is 0 Å². The van der Waals surface area contributed by atoms with Crippen LogP contribution in [0.5, 0.6) is 0 Å². The topological polar surface area (TPSA) is 58.2 Å². The average Bonchev–Trinajstić information content (AvgIpc) is 2.63. The molecule has 0 spiro atoms. The number of allylic oxidation sites excluding steroid dienone is 4. The first-order valence-electron chi connectivity index (χ1n) is 9.30. The number of amides is 2. The fraction of sp³-hybridized carbons (Fsp3) is 0.600. The van der Waals surface area contributed by atoms with Gasteiger partial charge in [0.25, 0.3) is 0 Å². The summed E-state index contributed by atoms with van der Waals surface area (Å²) in [5.41, 5.74) is 0. The number of hydrogen-bond donors (Lipinski definition) is 2. The Labute approximate surface area is 144 Å². The molecule has 0 saturated carbocycles. The van der Waals surface area contributed by atoms with E-state index in [2.05, 4.69) is 34.9 Å². The molecule has 0 aromatic rings. The summed E-state index contributed by atoms with van der Waals surface area (Å²) >= 11 is 0. The molecule has 130 valence electrons. The zero-order chi connectivity index (χ0) is 16.8. The van der Waals surface area contributed by atoms with Gasteiger partial charge in [-0.05, 0) is 51.4 Å². The molecule has 0 heterocycles. The lowest BCUT2D eigenvalue weighted by Crippen LogP contribution is -2.47. The zero-order valence-electron chi connectivity index (χ0n) is 14.2. The molecular formula is C20H28N2O2. The Morgan fingerprint density at radius 3 is 1.42 bits per heavy atom. The highest BCUT2D eigenvalue weighted by Gasteiger charge is 2.35. The van der Waals surface area contributed by atoms with Gasteiger partial charge >= 0.3 is 0 Å². The second-order valence-corrected chi connectivity index (χ2v) is 7.14. The maximum atomic E-state index is 12.7. The Morgan fingerprint density at radius 2 is 1.04 bits per heavy atom. The van der Waals surface area contributed by atoms with Crippen LogP contribution in [0.25, 0.3) is 0 Å². The summed E-state index contributed by atoms with van der Waals surface area (Å²) in [6, 6.07) is 0.446. The zero-order valence-corrected chi connectivity index (χ0v) is 14.2. The highest BCUT2D eigenvalue weighted by Crippen LogP contribution is 2.27. The first-order valence-corrected chi connectivity index (χ1v) is 9.30. The summed E-state index contributed by atoms with van der Waals surface area (Å²) in [6.07, 6.45) is 19.9. The van der Waals surface area contributed by atoms with E-state index in [4.69, 9.17) is 0 Å². The number of nitrogens with one attached hydrogen (secondary N) is 2. The maximum Gasteiger partial charge on any atom is 0.224 e. The van der Waals surface area contributed by atoms with Crippen molar-refractivity contribution in [1.82, 2.24) is 10.6 Å². The molecule has 0 saturated heterocycles. The van der Waals surface area contributed by atoms with Crippen LogP contribution < -0.4 is 10.6 Å². The quantitative estimate of drug-likeness (QED) is 0.779. The van der Waals surface area contributed by atoms with Gasteiger partial charge in [0.2, 0.25) is 11.8 Å². The molecule has 0 aromatic carbocycles. The standard InChI is InChI=1S/C20H28N2O2/c23-19(21-15-9-3-1-4-10-15)17-13-7-8-14-18(17)20(24)22-16-11-5-2-6-12-16/h1-3,5,7-8,15-18H,4,6,9-14H2,(H,21,23)(H,22,24)/t15-,16-,17-,18+/m0/s1. The van der Waals surface area contributed by atoms with Gasteiger partial charge in [-0.2, -0.15) is 0 Å². The average molecular weight is 328 g/mol. The minimum atomic E-state index is -0.236. The molecule has 4 heteroatoms. The first kappa shape index (κ1) is 17.0. The van der Waals surface area contributed by atoms with E-state index < -0.39 is 0 Å². The molecule has 2 amide bonds. The largest absolute Gasteiger partial charge is 0.353 e. The van der Waals surface area contributed by atoms with Gasteiger partial charge < -0.3 is 10.6 Å². The van der Waals surface area contributed by atoms with Crippen molar-refractivity contribution in [2.45, 2.75) is 63.5 Å². The molecule has 4 nitrogen and oxygen atoms in total. The van der Waals surface area contributed by atoms with Gasteiger partial charge in [-0.25, -0.2) is 0 Å². The van der Waals surface area contributed by atoms with Crippen molar-refractivity contribution in [3.05, 3.63) is 36.5 Å². The monoisotopic (exact) mass is 328 g/mol. The van der Waals surface area contributed by atoms with Crippen molar-refractivity contribution in [2.24, 2.45) is 11.8 Å². The Balaban J connectivity index is 1.58. The van der Waals surface area contributed by atoms with E-state index in [-0.39, 0.29) is 35.7 Å². The van der Waals surface area contributed by atoms with Crippen molar-refractivity contribution in [3.8, 4) is 0 Å². The van der Waals surface area contributed by atoms with Crippen LogP contribution in [0.2, 0.25) is 0 Å². The van der Waals surface area contributed by atoms with Gasteiger partial charge in [0, 0.05) is 12.1 Å². The molecule has 3 rings (SSSR count). The molecule has 2 N–H and O–H groups in total. The third-order valence-electron chi connectivity index (χ3n) is 5.34. The van der Waals surface area contributed by atoms with Crippen LogP contribution in [-0.4, -0.2) is 23.9 Å². The van der Waals surface area contributed by atoms with Crippen molar-refractivity contribution in [3.63, 3.8) is 0 Å². The third-order valence-corrected chi connectivity index (χ3v) is 5.34. The highest BCUT2D eigenvalue weighted by atomic mass is 16.2. The van der Waals surface area contributed by atoms with Crippen molar-refractivity contribution in [2.75, 3.05) is 0 Å². The van der Waals surface area contributed by atoms with Crippen molar-refractivity contribution < 1.29 is 9.59 Å². The fourth-order valence-electron chi connectivity index (χ4n) is 3.86. The lowest BCUT2D eigenvalue weighted by atomic mass is 9.81. The summed E-state index contributed by atoms with van der Waals surface area (Å²) in [4.78, 5) is 25.4. The number of carbonyl (C=O) groups is 2. The Bertz CT molecular complexity index is 502. The molecule has 3 aliphatic carbocycles. The molecule has 4 atom stereocenters. The molecule has 0 fully saturated rings. The second-order valence-electron chi connectivity index (χ2n) is 7.14. The number of rotatable bonds is 4. The predicted molar refractivity (Wildman–Crippen MR) is 95.2 cm³/mol. The summed E-state index contributed by atoms with van der Waals surface area (Å²) in [7, 11) is 0. The van der Waals surface area contributed by atoms with E-state index in [1.807, 2.05) is 12.2 Å². The third kappa shape index (κ3) is 4.37. The van der Waals surface area contributed by atoms with Crippen LogP contribution in [0.1, 0.15) is 51.4 Å². The van der Waals surface area contributed by atoms with Crippen molar-refractivity contribution in [1.29, 1.82) is 0 Å². The van der Waals surface area contributed by atoms with Crippen LogP contribution >= 0.6 is 0 Å². The Morgan fingerprint density at radius 1 is 0.625 bits per heavy atom. The van der Waals surface area contributed by atoms with Crippen LogP contribution in [0, 0.1) is 11.8 Å². The predicted octanol–water partition coefficient (Wildman–Crippen LogP) is 3.02. The van der Waals surface area contributed by atoms with E-state index in [0.29, 0.717) is 12.8 Å². The summed E-state index contributed by atoms with van der Waals surface area (Å²) in [5.74, 6) is -0.383. The SMILES string of the molecule is O=C(N[C@H]1CC=CCC1)[C@H]1CC=CC[C@H]1C(=O)N[C@H]1CC=CCC1. The fourth-order valence-corrected chi connectivity index (χ4v) is 3.86. The van der Waals surface area contributed by atoms with E-state index in [0.717, 1.165) is 38.5 Å². The summed E-state index contributed by atoms with van der Waals surface area (Å²) in [6.45, 7) is 0. The Kier molecular flexibility index (Phi) is 5.89. The molecule has 0 bridgehead atoms. The van der Waals surface area contributed by atoms with Gasteiger partial charge in [0.05, 0.1) is 11.8 Å². The summed E-state index contributed by atoms with van der Waals surface area (Å²) < 4.78 is 0. The van der Waals surface area contributed by atoms with Crippen LogP contribution in [0.15, 0.2) is 36.5 Å². The van der Waals surface area contributed by atoms with E-state index >= 15 is 0 Å². The minimum absolute atomic E-state index is 0.0448.